The lowest BCUT2D eigenvalue weighted by Gasteiger charge is -2.08. The Morgan fingerprint density at radius 1 is 1.39 bits per heavy atom. The highest BCUT2D eigenvalue weighted by molar-refractivity contribution is 5.94. The Morgan fingerprint density at radius 2 is 2.11 bits per heavy atom. The molecule has 0 aliphatic carbocycles. The van der Waals surface area contributed by atoms with Gasteiger partial charge in [0.05, 0.1) is 6.61 Å². The van der Waals surface area contributed by atoms with Gasteiger partial charge in [-0.05, 0) is 39.0 Å². The summed E-state index contributed by atoms with van der Waals surface area (Å²) in [6.07, 6.45) is 7.01. The van der Waals surface area contributed by atoms with E-state index >= 15 is 0 Å². The quantitative estimate of drug-likeness (QED) is 0.469. The molecule has 0 aromatic carbocycles. The van der Waals surface area contributed by atoms with Gasteiger partial charge in [0.1, 0.15) is 11.6 Å². The predicted molar refractivity (Wildman–Crippen MR) is 77.5 cm³/mol. The van der Waals surface area contributed by atoms with Gasteiger partial charge in [0.2, 0.25) is 0 Å². The number of allylic oxidation sites excluding steroid dienone is 3. The summed E-state index contributed by atoms with van der Waals surface area (Å²) in [5, 5.41) is 3.24. The molecule has 1 N–H and O–H groups in total. The molecule has 0 radical (unpaired) electrons. The number of nitrogens with zero attached hydrogens (tertiary/aromatic N) is 1. The van der Waals surface area contributed by atoms with Gasteiger partial charge in [-0.15, -0.1) is 0 Å². The number of nitrogens with one attached hydrogen (secondary N) is 1. The van der Waals surface area contributed by atoms with E-state index in [9.17, 15) is 0 Å². The van der Waals surface area contributed by atoms with E-state index in [0.29, 0.717) is 0 Å². The van der Waals surface area contributed by atoms with Crippen LogP contribution in [0.2, 0.25) is 0 Å². The summed E-state index contributed by atoms with van der Waals surface area (Å²) in [6.45, 7) is 10.8. The minimum absolute atomic E-state index is 0.758. The molecule has 3 heteroatoms. The second-order valence-electron chi connectivity index (χ2n) is 4.51. The van der Waals surface area contributed by atoms with Gasteiger partial charge < -0.3 is 10.1 Å². The zero-order valence-corrected chi connectivity index (χ0v) is 11.7. The average Bonchev–Trinajstić information content (AvgIpc) is 2.80. The maximum Gasteiger partial charge on any atom is 0.124 e. The zero-order valence-electron chi connectivity index (χ0n) is 11.7. The van der Waals surface area contributed by atoms with Crippen LogP contribution in [-0.4, -0.2) is 19.5 Å². The van der Waals surface area contributed by atoms with E-state index in [-0.39, 0.29) is 0 Å². The number of hydrogen-bond acceptors (Lipinski definition) is 2. The van der Waals surface area contributed by atoms with Crippen LogP contribution in [0.5, 0.6) is 0 Å². The lowest BCUT2D eigenvalue weighted by atomic mass is 10.2. The van der Waals surface area contributed by atoms with Gasteiger partial charge in [-0.1, -0.05) is 12.2 Å². The molecular weight excluding hydrogens is 224 g/mol. The van der Waals surface area contributed by atoms with Crippen molar-refractivity contribution in [3.63, 3.8) is 0 Å². The first-order chi connectivity index (χ1) is 8.52. The van der Waals surface area contributed by atoms with Crippen LogP contribution in [0.4, 0.5) is 0 Å². The van der Waals surface area contributed by atoms with Crippen LogP contribution < -0.4 is 5.32 Å². The van der Waals surface area contributed by atoms with Crippen LogP contribution in [0, 0.1) is 0 Å². The number of hydrogen-bond donors (Lipinski definition) is 1. The van der Waals surface area contributed by atoms with E-state index in [1.807, 2.05) is 32.9 Å². The zero-order chi connectivity index (χ0) is 13.5. The van der Waals surface area contributed by atoms with Gasteiger partial charge in [-0.25, -0.2) is 0 Å². The lowest BCUT2D eigenvalue weighted by molar-refractivity contribution is 0.254. The largest absolute Gasteiger partial charge is 0.493 e. The summed E-state index contributed by atoms with van der Waals surface area (Å²) in [5.74, 6) is 1.73. The van der Waals surface area contributed by atoms with E-state index in [0.717, 1.165) is 35.9 Å². The van der Waals surface area contributed by atoms with E-state index < -0.39 is 0 Å². The topological polar surface area (TPSA) is 33.6 Å². The van der Waals surface area contributed by atoms with Crippen molar-refractivity contribution in [3.8, 4) is 0 Å². The monoisotopic (exact) mass is 246 g/mol. The van der Waals surface area contributed by atoms with Crippen LogP contribution >= 0.6 is 0 Å². The number of amidine groups is 1. The van der Waals surface area contributed by atoms with Crippen LogP contribution in [0.3, 0.4) is 0 Å². The van der Waals surface area contributed by atoms with Gasteiger partial charge >= 0.3 is 0 Å². The first kappa shape index (κ1) is 14.3. The Labute approximate surface area is 110 Å². The molecular formula is C15H22N2O. The molecule has 0 saturated carbocycles. The molecule has 0 aromatic heterocycles. The summed E-state index contributed by atoms with van der Waals surface area (Å²) in [4.78, 5) is 4.19. The highest BCUT2D eigenvalue weighted by atomic mass is 16.5. The Hall–Kier alpha value is -1.77. The third kappa shape index (κ3) is 4.62. The summed E-state index contributed by atoms with van der Waals surface area (Å²) < 4.78 is 5.46. The Kier molecular flexibility index (Phi) is 5.43. The molecule has 18 heavy (non-hydrogen) atoms. The van der Waals surface area contributed by atoms with Gasteiger partial charge in [-0.3, -0.25) is 4.99 Å². The minimum Gasteiger partial charge on any atom is -0.493 e. The minimum atomic E-state index is 0.758. The van der Waals surface area contributed by atoms with Crippen molar-refractivity contribution >= 4 is 5.84 Å². The molecule has 1 aliphatic heterocycles. The second-order valence-corrected chi connectivity index (χ2v) is 4.51. The Morgan fingerprint density at radius 3 is 2.61 bits per heavy atom. The third-order valence-electron chi connectivity index (χ3n) is 2.40. The van der Waals surface area contributed by atoms with Crippen molar-refractivity contribution < 1.29 is 4.74 Å². The average molecular weight is 246 g/mol. The second kappa shape index (κ2) is 6.84. The van der Waals surface area contributed by atoms with E-state index in [1.165, 1.54) is 5.57 Å². The fourth-order valence-electron chi connectivity index (χ4n) is 1.64. The van der Waals surface area contributed by atoms with E-state index in [4.69, 9.17) is 4.74 Å². The molecule has 0 spiro atoms. The lowest BCUT2D eigenvalue weighted by Crippen LogP contribution is -2.19. The molecule has 1 aliphatic rings. The van der Waals surface area contributed by atoms with Crippen LogP contribution in [0.25, 0.3) is 0 Å². The van der Waals surface area contributed by atoms with Gasteiger partial charge in [-0.2, -0.15) is 0 Å². The first-order valence-corrected chi connectivity index (χ1v) is 6.12. The molecule has 0 aromatic rings. The molecule has 0 bridgehead atoms. The van der Waals surface area contributed by atoms with Crippen LogP contribution in [-0.2, 0) is 4.74 Å². The van der Waals surface area contributed by atoms with Crippen molar-refractivity contribution in [3.05, 3.63) is 47.4 Å². The molecule has 3 nitrogen and oxygen atoms in total. The Balaban J connectivity index is 2.66. The highest BCUT2D eigenvalue weighted by Crippen LogP contribution is 2.18. The van der Waals surface area contributed by atoms with E-state index in [1.54, 1.807) is 7.05 Å². The molecule has 1 heterocycles. The smallest absolute Gasteiger partial charge is 0.124 e. The summed E-state index contributed by atoms with van der Waals surface area (Å²) in [6, 6.07) is 0. The molecule has 0 unspecified atom stereocenters. The molecule has 0 saturated heterocycles. The first-order valence-electron chi connectivity index (χ1n) is 6.12. The maximum absolute atomic E-state index is 5.46. The number of aliphatic imine (C=N–C) groups is 1. The molecule has 0 fully saturated rings. The Bertz CT molecular complexity index is 435. The molecule has 0 amide bonds. The third-order valence-corrected chi connectivity index (χ3v) is 2.40. The molecule has 98 valence electrons. The van der Waals surface area contributed by atoms with Gasteiger partial charge in [0, 0.05) is 24.7 Å². The van der Waals surface area contributed by atoms with Crippen LogP contribution in [0.15, 0.2) is 52.4 Å². The van der Waals surface area contributed by atoms with Crippen molar-refractivity contribution in [1.82, 2.24) is 5.32 Å². The normalized spacial score (nSPS) is 15.9. The van der Waals surface area contributed by atoms with Crippen molar-refractivity contribution in [2.24, 2.45) is 4.99 Å². The predicted octanol–water partition coefficient (Wildman–Crippen LogP) is 3.33. The standard InChI is InChI=1S/C15H22N2O/c1-11(2)9-15(16-5)17-13(4)10-12(3)14-7-6-8-18-14/h7,9-10H,3,6,8H2,1-2,4-5H3,(H,16,17)/b13-10+. The molecule has 1 rings (SSSR count). The van der Waals surface area contributed by atoms with Crippen molar-refractivity contribution in [2.75, 3.05) is 13.7 Å². The van der Waals surface area contributed by atoms with Crippen molar-refractivity contribution in [2.45, 2.75) is 27.2 Å². The number of rotatable bonds is 4. The van der Waals surface area contributed by atoms with E-state index in [2.05, 4.69) is 23.0 Å². The maximum atomic E-state index is 5.46. The fraction of sp³-hybridized carbons (Fsp3) is 0.400. The summed E-state index contributed by atoms with van der Waals surface area (Å²) >= 11 is 0. The van der Waals surface area contributed by atoms with Gasteiger partial charge in [0.15, 0.2) is 0 Å². The SMILES string of the molecule is C=C(/C=C(\C)N/C(C=C(C)C)=N/C)C1=CCCO1. The van der Waals surface area contributed by atoms with Crippen molar-refractivity contribution in [1.29, 1.82) is 0 Å². The summed E-state index contributed by atoms with van der Waals surface area (Å²) in [5.41, 5.74) is 3.09. The number of ether oxygens (including phenoxy) is 1. The van der Waals surface area contributed by atoms with Gasteiger partial charge in [0.25, 0.3) is 0 Å². The summed E-state index contributed by atoms with van der Waals surface area (Å²) in [7, 11) is 1.77. The highest BCUT2D eigenvalue weighted by Gasteiger charge is 2.07. The fourth-order valence-corrected chi connectivity index (χ4v) is 1.64. The van der Waals surface area contributed by atoms with Crippen LogP contribution in [0.1, 0.15) is 27.2 Å². The molecule has 0 atom stereocenters.